The van der Waals surface area contributed by atoms with Crippen molar-refractivity contribution < 1.29 is 23.5 Å². The zero-order valence-corrected chi connectivity index (χ0v) is 16.7. The predicted molar refractivity (Wildman–Crippen MR) is 110 cm³/mol. The van der Waals surface area contributed by atoms with Gasteiger partial charge < -0.3 is 24.5 Å². The van der Waals surface area contributed by atoms with Crippen molar-refractivity contribution >= 4 is 29.1 Å². The molecule has 0 fully saturated rings. The Hall–Kier alpha value is -3.29. The second-order valence-corrected chi connectivity index (χ2v) is 7.18. The molecule has 1 aliphatic heterocycles. The number of benzene rings is 2. The van der Waals surface area contributed by atoms with Crippen LogP contribution < -0.4 is 15.4 Å². The van der Waals surface area contributed by atoms with Gasteiger partial charge in [-0.2, -0.15) is 0 Å². The zero-order valence-electron chi connectivity index (χ0n) is 15.9. The van der Waals surface area contributed by atoms with Crippen molar-refractivity contribution in [1.29, 1.82) is 0 Å². The maximum Gasteiger partial charge on any atom is 0.291 e. The van der Waals surface area contributed by atoms with Crippen LogP contribution in [0.4, 0.5) is 5.69 Å². The lowest BCUT2D eigenvalue weighted by Crippen LogP contribution is -2.25. The highest BCUT2D eigenvalue weighted by atomic mass is 35.5. The van der Waals surface area contributed by atoms with E-state index in [0.717, 1.165) is 16.7 Å². The first-order valence-corrected chi connectivity index (χ1v) is 9.68. The van der Waals surface area contributed by atoms with Gasteiger partial charge in [0.25, 0.3) is 5.91 Å². The molecule has 0 spiro atoms. The Morgan fingerprint density at radius 1 is 1.10 bits per heavy atom. The highest BCUT2D eigenvalue weighted by Gasteiger charge is 2.18. The van der Waals surface area contributed by atoms with Crippen molar-refractivity contribution in [2.75, 3.05) is 12.1 Å². The van der Waals surface area contributed by atoms with Gasteiger partial charge in [-0.1, -0.05) is 23.7 Å². The Morgan fingerprint density at radius 3 is 2.70 bits per heavy atom. The molecule has 0 bridgehead atoms. The summed E-state index contributed by atoms with van der Waals surface area (Å²) in [6.45, 7) is 0.928. The monoisotopic (exact) mass is 426 g/mol. The number of carbonyl (C=O) groups excluding carboxylic acids is 2. The van der Waals surface area contributed by atoms with E-state index in [4.69, 9.17) is 25.5 Å². The van der Waals surface area contributed by atoms with Crippen LogP contribution in [0.25, 0.3) is 0 Å². The Labute approximate surface area is 177 Å². The number of carbonyl (C=O) groups is 2. The second-order valence-electron chi connectivity index (χ2n) is 6.75. The van der Waals surface area contributed by atoms with E-state index in [1.165, 1.54) is 6.26 Å². The number of anilines is 1. The molecular formula is C22H19ClN2O5. The normalized spacial score (nSPS) is 12.6. The van der Waals surface area contributed by atoms with Crippen molar-refractivity contribution in [2.45, 2.75) is 19.6 Å². The number of ether oxygens (including phenoxy) is 2. The fourth-order valence-corrected chi connectivity index (χ4v) is 3.39. The molecule has 0 radical (unpaired) electrons. The summed E-state index contributed by atoms with van der Waals surface area (Å²) in [5, 5.41) is 6.17. The number of hydrogen-bond acceptors (Lipinski definition) is 5. The van der Waals surface area contributed by atoms with Crippen molar-refractivity contribution in [2.24, 2.45) is 0 Å². The minimum absolute atomic E-state index is 0.148. The number of fused-ring (bicyclic) bond motifs is 1. The first-order valence-electron chi connectivity index (χ1n) is 9.31. The number of nitrogens with one attached hydrogen (secondary N) is 2. The Kier molecular flexibility index (Phi) is 6.02. The Balaban J connectivity index is 1.32. The molecule has 2 aromatic carbocycles. The van der Waals surface area contributed by atoms with E-state index in [-0.39, 0.29) is 30.8 Å². The third kappa shape index (κ3) is 4.82. The predicted octanol–water partition coefficient (Wildman–Crippen LogP) is 3.91. The zero-order chi connectivity index (χ0) is 20.9. The molecule has 0 saturated carbocycles. The van der Waals surface area contributed by atoms with Crippen molar-refractivity contribution in [1.82, 2.24) is 5.32 Å². The lowest BCUT2D eigenvalue weighted by Gasteiger charge is -2.21. The number of rotatable bonds is 6. The van der Waals surface area contributed by atoms with Crippen LogP contribution in [0, 0.1) is 0 Å². The van der Waals surface area contributed by atoms with Gasteiger partial charge in [0, 0.05) is 28.4 Å². The van der Waals surface area contributed by atoms with E-state index in [9.17, 15) is 9.59 Å². The molecule has 1 aromatic heterocycles. The average Bonchev–Trinajstić information content (AvgIpc) is 3.28. The summed E-state index contributed by atoms with van der Waals surface area (Å²) in [5.74, 6) is 0.436. The summed E-state index contributed by atoms with van der Waals surface area (Å²) in [4.78, 5) is 24.4. The first-order chi connectivity index (χ1) is 14.6. The molecule has 0 aliphatic carbocycles. The molecule has 8 heteroatoms. The van der Waals surface area contributed by atoms with Crippen LogP contribution in [0.15, 0.2) is 59.2 Å². The van der Waals surface area contributed by atoms with Gasteiger partial charge in [-0.05, 0) is 42.0 Å². The molecule has 2 N–H and O–H groups in total. The van der Waals surface area contributed by atoms with Gasteiger partial charge in [0.05, 0.1) is 19.3 Å². The summed E-state index contributed by atoms with van der Waals surface area (Å²) in [7, 11) is 0. The minimum atomic E-state index is -0.321. The van der Waals surface area contributed by atoms with E-state index in [1.807, 2.05) is 12.1 Å². The number of amides is 2. The van der Waals surface area contributed by atoms with Gasteiger partial charge in [0.1, 0.15) is 5.75 Å². The summed E-state index contributed by atoms with van der Waals surface area (Å²) < 4.78 is 15.9. The lowest BCUT2D eigenvalue weighted by molar-refractivity contribution is -0.120. The summed E-state index contributed by atoms with van der Waals surface area (Å²) in [6.07, 6.45) is 1.60. The molecule has 0 saturated heterocycles. The fourth-order valence-electron chi connectivity index (χ4n) is 3.13. The maximum absolute atomic E-state index is 12.4. The second kappa shape index (κ2) is 9.02. The number of furan rings is 1. The third-order valence-electron chi connectivity index (χ3n) is 4.55. The summed E-state index contributed by atoms with van der Waals surface area (Å²) >= 11 is 6.14. The molecule has 4 rings (SSSR count). The Morgan fingerprint density at radius 2 is 1.93 bits per heavy atom. The van der Waals surface area contributed by atoms with Gasteiger partial charge >= 0.3 is 0 Å². The van der Waals surface area contributed by atoms with Crippen LogP contribution in [0.5, 0.6) is 5.75 Å². The van der Waals surface area contributed by atoms with Gasteiger partial charge in [-0.3, -0.25) is 9.59 Å². The summed E-state index contributed by atoms with van der Waals surface area (Å²) in [5.41, 5.74) is 3.10. The van der Waals surface area contributed by atoms with Crippen LogP contribution in [0.1, 0.15) is 27.2 Å². The average molecular weight is 427 g/mol. The van der Waals surface area contributed by atoms with E-state index >= 15 is 0 Å². The van der Waals surface area contributed by atoms with E-state index in [2.05, 4.69) is 10.6 Å². The van der Waals surface area contributed by atoms with Crippen LogP contribution in [-0.2, 0) is 29.1 Å². The molecule has 0 atom stereocenters. The molecule has 154 valence electrons. The molecule has 0 unspecified atom stereocenters. The van der Waals surface area contributed by atoms with E-state index in [0.29, 0.717) is 29.6 Å². The van der Waals surface area contributed by atoms with Crippen LogP contribution in [0.2, 0.25) is 5.02 Å². The molecular weight excluding hydrogens is 408 g/mol. The SMILES string of the molecule is O=C(Cc1cc(Cl)cc2c1OCOC2)NCc1ccc(NC(=O)c2ccco2)cc1. The highest BCUT2D eigenvalue weighted by Crippen LogP contribution is 2.31. The first kappa shape index (κ1) is 20.0. The quantitative estimate of drug-likeness (QED) is 0.623. The number of halogens is 1. The van der Waals surface area contributed by atoms with Crippen LogP contribution in [-0.4, -0.2) is 18.6 Å². The van der Waals surface area contributed by atoms with Gasteiger partial charge in [0.2, 0.25) is 5.91 Å². The molecule has 1 aliphatic rings. The smallest absolute Gasteiger partial charge is 0.291 e. The molecule has 2 amide bonds. The molecule has 30 heavy (non-hydrogen) atoms. The topological polar surface area (TPSA) is 89.8 Å². The van der Waals surface area contributed by atoms with Crippen LogP contribution in [0.3, 0.4) is 0 Å². The van der Waals surface area contributed by atoms with E-state index in [1.54, 1.807) is 36.4 Å². The largest absolute Gasteiger partial charge is 0.467 e. The van der Waals surface area contributed by atoms with Crippen molar-refractivity contribution in [3.8, 4) is 5.75 Å². The van der Waals surface area contributed by atoms with Gasteiger partial charge in [0.15, 0.2) is 12.6 Å². The van der Waals surface area contributed by atoms with E-state index < -0.39 is 0 Å². The highest BCUT2D eigenvalue weighted by molar-refractivity contribution is 6.30. The Bertz CT molecular complexity index is 1050. The molecule has 3 aromatic rings. The number of hydrogen-bond donors (Lipinski definition) is 2. The van der Waals surface area contributed by atoms with Crippen molar-refractivity contribution in [3.05, 3.63) is 82.3 Å². The van der Waals surface area contributed by atoms with Crippen molar-refractivity contribution in [3.63, 3.8) is 0 Å². The summed E-state index contributed by atoms with van der Waals surface area (Å²) in [6, 6.07) is 14.0. The van der Waals surface area contributed by atoms with Crippen LogP contribution >= 0.6 is 11.6 Å². The lowest BCUT2D eigenvalue weighted by atomic mass is 10.1. The van der Waals surface area contributed by atoms with Gasteiger partial charge in [-0.25, -0.2) is 0 Å². The third-order valence-corrected chi connectivity index (χ3v) is 4.77. The molecule has 2 heterocycles. The molecule has 7 nitrogen and oxygen atoms in total. The maximum atomic E-state index is 12.4. The standard InChI is InChI=1S/C22H19ClN2O5/c23-17-8-15(21-16(9-17)12-28-13-30-21)10-20(26)24-11-14-3-5-18(6-4-14)25-22(27)19-2-1-7-29-19/h1-9H,10-13H2,(H,24,26)(H,25,27). The van der Waals surface area contributed by atoms with Gasteiger partial charge in [-0.15, -0.1) is 0 Å². The fraction of sp³-hybridized carbons (Fsp3) is 0.182. The minimum Gasteiger partial charge on any atom is -0.467 e.